The minimum Gasteiger partial charge on any atom is -0.399 e. The summed E-state index contributed by atoms with van der Waals surface area (Å²) in [7, 11) is 0. The van der Waals surface area contributed by atoms with Crippen molar-refractivity contribution in [2.75, 3.05) is 0 Å². The molecule has 0 aliphatic heterocycles. The van der Waals surface area contributed by atoms with Crippen LogP contribution in [-0.2, 0) is 4.79 Å². The fraction of sp³-hybridized carbons (Fsp3) is 0.650. The summed E-state index contributed by atoms with van der Waals surface area (Å²) >= 11 is 0. The van der Waals surface area contributed by atoms with Crippen molar-refractivity contribution in [1.82, 2.24) is 0 Å². The first kappa shape index (κ1) is 20.1. The van der Waals surface area contributed by atoms with Crippen molar-refractivity contribution in [2.24, 2.45) is 17.8 Å². The lowest BCUT2D eigenvalue weighted by Crippen LogP contribution is -2.30. The first-order valence-electron chi connectivity index (χ1n) is 9.45. The summed E-state index contributed by atoms with van der Waals surface area (Å²) in [5.41, 5.74) is 0.404. The van der Waals surface area contributed by atoms with Crippen molar-refractivity contribution in [3.8, 4) is 5.75 Å². The van der Waals surface area contributed by atoms with E-state index in [9.17, 15) is 26.7 Å². The van der Waals surface area contributed by atoms with Gasteiger partial charge >= 0.3 is 6.36 Å². The Morgan fingerprint density at radius 1 is 1.00 bits per heavy atom. The number of fused-ring (bicyclic) bond motifs is 1. The molecule has 0 N–H and O–H groups in total. The molecule has 4 atom stereocenters. The second-order valence-electron chi connectivity index (χ2n) is 7.81. The molecule has 0 bridgehead atoms. The number of alkyl halides is 3. The Hall–Kier alpha value is -1.66. The maximum Gasteiger partial charge on any atom is 0.573 e. The van der Waals surface area contributed by atoms with Gasteiger partial charge in [0.05, 0.1) is 0 Å². The second-order valence-corrected chi connectivity index (χ2v) is 7.81. The number of rotatable bonds is 5. The number of carbonyl (C=O) groups is 1. The molecule has 27 heavy (non-hydrogen) atoms. The zero-order chi connectivity index (χ0) is 19.6. The Balaban J connectivity index is 1.66. The van der Waals surface area contributed by atoms with Gasteiger partial charge in [0, 0.05) is 6.42 Å². The number of benzene rings is 1. The molecule has 2 aliphatic rings. The third kappa shape index (κ3) is 4.99. The molecular formula is C20H23F5O2. The first-order chi connectivity index (χ1) is 12.8. The maximum atomic E-state index is 14.0. The van der Waals surface area contributed by atoms with Crippen LogP contribution in [-0.4, -0.2) is 12.6 Å². The Bertz CT molecular complexity index is 650. The third-order valence-corrected chi connectivity index (χ3v) is 6.12. The molecule has 7 heteroatoms. The van der Waals surface area contributed by atoms with E-state index in [2.05, 4.69) is 4.74 Å². The summed E-state index contributed by atoms with van der Waals surface area (Å²) in [5.74, 6) is -2.48. The summed E-state index contributed by atoms with van der Waals surface area (Å²) in [6.45, 7) is 0. The van der Waals surface area contributed by atoms with Gasteiger partial charge in [-0.2, -0.15) is 0 Å². The van der Waals surface area contributed by atoms with Crippen LogP contribution >= 0.6 is 0 Å². The van der Waals surface area contributed by atoms with Crippen LogP contribution in [0.4, 0.5) is 22.0 Å². The quantitative estimate of drug-likeness (QED) is 0.446. The summed E-state index contributed by atoms with van der Waals surface area (Å²) in [5, 5.41) is 0. The predicted molar refractivity (Wildman–Crippen MR) is 89.3 cm³/mol. The van der Waals surface area contributed by atoms with Gasteiger partial charge in [0.25, 0.3) is 0 Å². The highest BCUT2D eigenvalue weighted by Gasteiger charge is 2.37. The van der Waals surface area contributed by atoms with Crippen LogP contribution in [0.15, 0.2) is 12.1 Å². The average molecular weight is 390 g/mol. The number of halogens is 5. The summed E-state index contributed by atoms with van der Waals surface area (Å²) in [4.78, 5) is 10.6. The number of carbonyl (C=O) groups excluding carboxylic acids is 1. The summed E-state index contributed by atoms with van der Waals surface area (Å²) in [6, 6.07) is 1.95. The predicted octanol–water partition coefficient (Wildman–Crippen LogP) is 6.14. The van der Waals surface area contributed by atoms with Gasteiger partial charge in [-0.05, 0) is 79.9 Å². The molecule has 150 valence electrons. The smallest absolute Gasteiger partial charge is 0.399 e. The van der Waals surface area contributed by atoms with Crippen LogP contribution in [0, 0.1) is 29.4 Å². The topological polar surface area (TPSA) is 26.3 Å². The normalized spacial score (nSPS) is 28.5. The number of aldehydes is 1. The molecule has 3 rings (SSSR count). The van der Waals surface area contributed by atoms with Crippen LogP contribution in [0.2, 0.25) is 0 Å². The van der Waals surface area contributed by atoms with E-state index in [1.54, 1.807) is 0 Å². The molecule has 2 saturated carbocycles. The Morgan fingerprint density at radius 2 is 1.63 bits per heavy atom. The highest BCUT2D eigenvalue weighted by Crippen LogP contribution is 2.48. The van der Waals surface area contributed by atoms with E-state index >= 15 is 0 Å². The highest BCUT2D eigenvalue weighted by atomic mass is 19.4. The fourth-order valence-corrected chi connectivity index (χ4v) is 4.88. The van der Waals surface area contributed by atoms with Crippen molar-refractivity contribution in [3.05, 3.63) is 29.3 Å². The zero-order valence-electron chi connectivity index (χ0n) is 14.9. The van der Waals surface area contributed by atoms with E-state index in [1.165, 1.54) is 0 Å². The molecule has 0 saturated heterocycles. The monoisotopic (exact) mass is 390 g/mol. The highest BCUT2D eigenvalue weighted by molar-refractivity contribution is 5.49. The Labute approximate surface area is 155 Å². The molecule has 2 fully saturated rings. The standard InChI is InChI=1S/C20H23F5O2/c21-17-10-16(11-18(22)19(17)27-20(23,24)25)15-6-5-13-8-12(2-1-7-26)3-4-14(13)9-15/h7,10-15H,1-6,8-9H2. The summed E-state index contributed by atoms with van der Waals surface area (Å²) < 4.78 is 68.3. The fourth-order valence-electron chi connectivity index (χ4n) is 4.88. The van der Waals surface area contributed by atoms with Crippen LogP contribution in [0.5, 0.6) is 5.75 Å². The minimum absolute atomic E-state index is 0.0540. The first-order valence-corrected chi connectivity index (χ1v) is 9.45. The van der Waals surface area contributed by atoms with Gasteiger partial charge in [0.2, 0.25) is 5.75 Å². The van der Waals surface area contributed by atoms with Crippen LogP contribution < -0.4 is 4.74 Å². The van der Waals surface area contributed by atoms with E-state index in [4.69, 9.17) is 0 Å². The van der Waals surface area contributed by atoms with Gasteiger partial charge in [-0.1, -0.05) is 6.42 Å². The van der Waals surface area contributed by atoms with Gasteiger partial charge in [0.15, 0.2) is 11.6 Å². The van der Waals surface area contributed by atoms with Gasteiger partial charge in [0.1, 0.15) is 6.29 Å². The van der Waals surface area contributed by atoms with Gasteiger partial charge < -0.3 is 9.53 Å². The molecule has 4 unspecified atom stereocenters. The summed E-state index contributed by atoms with van der Waals surface area (Å²) in [6.07, 6.45) is 3.02. The molecule has 0 heterocycles. The SMILES string of the molecule is O=CCCC1CCC2CC(c3cc(F)c(OC(F)(F)F)c(F)c3)CCC2C1. The Kier molecular flexibility index (Phi) is 6.06. The Morgan fingerprint density at radius 3 is 2.26 bits per heavy atom. The van der Waals surface area contributed by atoms with Crippen molar-refractivity contribution in [3.63, 3.8) is 0 Å². The number of hydrogen-bond acceptors (Lipinski definition) is 2. The molecule has 0 spiro atoms. The lowest BCUT2D eigenvalue weighted by molar-refractivity contribution is -0.276. The van der Waals surface area contributed by atoms with Crippen molar-refractivity contribution in [1.29, 1.82) is 0 Å². The van der Waals surface area contributed by atoms with Crippen LogP contribution in [0.1, 0.15) is 62.8 Å². The van der Waals surface area contributed by atoms with E-state index in [-0.39, 0.29) is 5.92 Å². The van der Waals surface area contributed by atoms with Crippen LogP contribution in [0.25, 0.3) is 0 Å². The van der Waals surface area contributed by atoms with Gasteiger partial charge in [-0.15, -0.1) is 13.2 Å². The molecule has 2 nitrogen and oxygen atoms in total. The second kappa shape index (κ2) is 8.15. The molecule has 0 radical (unpaired) electrons. The molecule has 1 aromatic carbocycles. The number of hydrogen-bond donors (Lipinski definition) is 0. The maximum absolute atomic E-state index is 14.0. The zero-order valence-corrected chi connectivity index (χ0v) is 14.9. The van der Waals surface area contributed by atoms with E-state index in [0.29, 0.717) is 29.7 Å². The van der Waals surface area contributed by atoms with Crippen molar-refractivity contribution in [2.45, 2.75) is 63.6 Å². The lowest BCUT2D eigenvalue weighted by Gasteiger charge is -2.42. The van der Waals surface area contributed by atoms with E-state index < -0.39 is 23.7 Å². The molecule has 2 aliphatic carbocycles. The van der Waals surface area contributed by atoms with Crippen LogP contribution in [0.3, 0.4) is 0 Å². The molecule has 1 aromatic rings. The van der Waals surface area contributed by atoms with E-state index in [0.717, 1.165) is 63.4 Å². The van der Waals surface area contributed by atoms with Crippen molar-refractivity contribution < 1.29 is 31.5 Å². The van der Waals surface area contributed by atoms with E-state index in [1.807, 2.05) is 0 Å². The van der Waals surface area contributed by atoms with Gasteiger partial charge in [-0.3, -0.25) is 0 Å². The molecular weight excluding hydrogens is 367 g/mol. The van der Waals surface area contributed by atoms with Crippen molar-refractivity contribution >= 4 is 6.29 Å². The number of ether oxygens (including phenoxy) is 1. The molecule has 0 aromatic heterocycles. The average Bonchev–Trinajstić information content (AvgIpc) is 2.61. The minimum atomic E-state index is -5.14. The van der Waals surface area contributed by atoms with Gasteiger partial charge in [-0.25, -0.2) is 8.78 Å². The third-order valence-electron chi connectivity index (χ3n) is 6.12. The molecule has 0 amide bonds. The largest absolute Gasteiger partial charge is 0.573 e. The lowest BCUT2D eigenvalue weighted by atomic mass is 9.63.